The van der Waals surface area contributed by atoms with Crippen LogP contribution < -0.4 is 0 Å². The van der Waals surface area contributed by atoms with Gasteiger partial charge in [-0.1, -0.05) is 56.5 Å². The molecule has 4 heteroatoms. The maximum absolute atomic E-state index is 12.0. The molecule has 20 heavy (non-hydrogen) atoms. The van der Waals surface area contributed by atoms with E-state index < -0.39 is 16.9 Å². The lowest BCUT2D eigenvalue weighted by Crippen LogP contribution is -2.41. The Balaban J connectivity index is 2.52. The van der Waals surface area contributed by atoms with Crippen molar-refractivity contribution in [3.8, 4) is 0 Å². The van der Waals surface area contributed by atoms with Crippen LogP contribution in [-0.2, 0) is 9.53 Å². The predicted molar refractivity (Wildman–Crippen MR) is 80.8 cm³/mol. The fraction of sp³-hybridized carbons (Fsp3) is 0.562. The van der Waals surface area contributed by atoms with Crippen LogP contribution in [0.1, 0.15) is 50.5 Å². The molecule has 0 aliphatic heterocycles. The lowest BCUT2D eigenvalue weighted by atomic mass is 9.96. The van der Waals surface area contributed by atoms with Crippen molar-refractivity contribution in [2.45, 2.75) is 50.5 Å². The maximum atomic E-state index is 12.0. The summed E-state index contributed by atoms with van der Waals surface area (Å²) < 4.78 is 5.12. The smallest absolute Gasteiger partial charge is 0.339 e. The first-order valence-corrected chi connectivity index (χ1v) is 7.52. The molecule has 1 rings (SSSR count). The van der Waals surface area contributed by atoms with Crippen LogP contribution in [0.15, 0.2) is 30.3 Å². The first kappa shape index (κ1) is 17.0. The van der Waals surface area contributed by atoms with Gasteiger partial charge < -0.3 is 9.84 Å². The molecule has 1 aromatic carbocycles. The molecule has 0 radical (unpaired) electrons. The van der Waals surface area contributed by atoms with Crippen molar-refractivity contribution in [1.29, 1.82) is 0 Å². The molecule has 0 heterocycles. The third-order valence-corrected chi connectivity index (χ3v) is 3.91. The average Bonchev–Trinajstić information content (AvgIpc) is 2.46. The molecule has 0 aliphatic rings. The standard InChI is InChI=1S/C16H23ClO3/c1-3-4-5-9-12-20-15(18)16(2,19)14(17)13-10-7-6-8-11-13/h6-8,10-11,14,19H,3-5,9,12H2,1-2H3/t14-,16-/m0/s1. The van der Waals surface area contributed by atoms with Gasteiger partial charge in [-0.05, 0) is 18.9 Å². The predicted octanol–water partition coefficient (Wildman–Crippen LogP) is 3.84. The number of hydrogen-bond donors (Lipinski definition) is 1. The first-order chi connectivity index (χ1) is 9.50. The summed E-state index contributed by atoms with van der Waals surface area (Å²) in [6.45, 7) is 3.84. The Bertz CT molecular complexity index is 403. The minimum Gasteiger partial charge on any atom is -0.464 e. The number of carbonyl (C=O) groups is 1. The van der Waals surface area contributed by atoms with Gasteiger partial charge in [-0.25, -0.2) is 4.79 Å². The highest BCUT2D eigenvalue weighted by Gasteiger charge is 2.40. The number of benzene rings is 1. The van der Waals surface area contributed by atoms with Crippen molar-refractivity contribution in [3.63, 3.8) is 0 Å². The molecule has 0 fully saturated rings. The molecule has 1 N–H and O–H groups in total. The Hall–Kier alpha value is -1.06. The van der Waals surface area contributed by atoms with E-state index in [1.165, 1.54) is 6.92 Å². The van der Waals surface area contributed by atoms with Crippen LogP contribution in [0.25, 0.3) is 0 Å². The van der Waals surface area contributed by atoms with Crippen molar-refractivity contribution in [2.75, 3.05) is 6.61 Å². The Labute approximate surface area is 125 Å². The maximum Gasteiger partial charge on any atom is 0.339 e. The second-order valence-corrected chi connectivity index (χ2v) is 5.55. The topological polar surface area (TPSA) is 46.5 Å². The van der Waals surface area contributed by atoms with Crippen LogP contribution in [0.2, 0.25) is 0 Å². The fourth-order valence-corrected chi connectivity index (χ4v) is 2.12. The van der Waals surface area contributed by atoms with Crippen molar-refractivity contribution in [2.24, 2.45) is 0 Å². The molecule has 112 valence electrons. The quantitative estimate of drug-likeness (QED) is 0.450. The second-order valence-electron chi connectivity index (χ2n) is 5.12. The molecule has 1 aromatic rings. The zero-order chi connectivity index (χ0) is 15.0. The number of carbonyl (C=O) groups excluding carboxylic acids is 1. The number of esters is 1. The van der Waals surface area contributed by atoms with E-state index >= 15 is 0 Å². The average molecular weight is 299 g/mol. The van der Waals surface area contributed by atoms with Gasteiger partial charge in [0.25, 0.3) is 0 Å². The van der Waals surface area contributed by atoms with E-state index in [2.05, 4.69) is 6.92 Å². The Morgan fingerprint density at radius 1 is 1.30 bits per heavy atom. The largest absolute Gasteiger partial charge is 0.464 e. The van der Waals surface area contributed by atoms with Gasteiger partial charge in [-0.2, -0.15) is 0 Å². The van der Waals surface area contributed by atoms with Crippen LogP contribution in [0.5, 0.6) is 0 Å². The molecule has 2 atom stereocenters. The van der Waals surface area contributed by atoms with Gasteiger partial charge in [-0.3, -0.25) is 0 Å². The molecule has 0 aromatic heterocycles. The van der Waals surface area contributed by atoms with E-state index in [0.29, 0.717) is 12.2 Å². The van der Waals surface area contributed by atoms with Crippen LogP contribution in [0.4, 0.5) is 0 Å². The van der Waals surface area contributed by atoms with E-state index in [-0.39, 0.29) is 0 Å². The second kappa shape index (κ2) is 8.28. The summed E-state index contributed by atoms with van der Waals surface area (Å²) in [5.74, 6) is -0.669. The van der Waals surface area contributed by atoms with Crippen LogP contribution >= 0.6 is 11.6 Å². The number of hydrogen-bond acceptors (Lipinski definition) is 3. The zero-order valence-electron chi connectivity index (χ0n) is 12.1. The number of halogens is 1. The molecule has 0 aliphatic carbocycles. The number of alkyl halides is 1. The molecule has 0 saturated carbocycles. The number of unbranched alkanes of at least 4 members (excludes halogenated alkanes) is 3. The number of ether oxygens (including phenoxy) is 1. The minimum absolute atomic E-state index is 0.327. The summed E-state index contributed by atoms with van der Waals surface area (Å²) in [6.07, 6.45) is 4.09. The van der Waals surface area contributed by atoms with Crippen molar-refractivity contribution < 1.29 is 14.6 Å². The molecule has 3 nitrogen and oxygen atoms in total. The van der Waals surface area contributed by atoms with Crippen LogP contribution in [-0.4, -0.2) is 23.3 Å². The summed E-state index contributed by atoms with van der Waals surface area (Å²) in [5, 5.41) is 9.47. The number of aliphatic hydroxyl groups is 1. The van der Waals surface area contributed by atoms with Crippen molar-refractivity contribution in [1.82, 2.24) is 0 Å². The van der Waals surface area contributed by atoms with E-state index in [0.717, 1.165) is 25.7 Å². The number of rotatable bonds is 8. The third kappa shape index (κ3) is 4.80. The Kier molecular flexibility index (Phi) is 7.03. The highest BCUT2D eigenvalue weighted by Crippen LogP contribution is 2.33. The lowest BCUT2D eigenvalue weighted by molar-refractivity contribution is -0.164. The summed E-state index contributed by atoms with van der Waals surface area (Å²) >= 11 is 6.20. The fourth-order valence-electron chi connectivity index (χ4n) is 1.89. The SMILES string of the molecule is CCCCCCOC(=O)[C@@](C)(O)[C@@H](Cl)c1ccccc1. The summed E-state index contributed by atoms with van der Waals surface area (Å²) in [4.78, 5) is 12.0. The Morgan fingerprint density at radius 3 is 2.55 bits per heavy atom. The van der Waals surface area contributed by atoms with Crippen LogP contribution in [0.3, 0.4) is 0 Å². The van der Waals surface area contributed by atoms with Crippen molar-refractivity contribution in [3.05, 3.63) is 35.9 Å². The van der Waals surface area contributed by atoms with Gasteiger partial charge in [0, 0.05) is 0 Å². The monoisotopic (exact) mass is 298 g/mol. The normalized spacial score (nSPS) is 15.4. The molecular weight excluding hydrogens is 276 g/mol. The molecule has 0 saturated heterocycles. The minimum atomic E-state index is -1.73. The molecule has 0 bridgehead atoms. The van der Waals surface area contributed by atoms with Gasteiger partial charge in [-0.15, -0.1) is 11.6 Å². The van der Waals surface area contributed by atoms with E-state index in [1.807, 2.05) is 18.2 Å². The van der Waals surface area contributed by atoms with E-state index in [1.54, 1.807) is 12.1 Å². The van der Waals surface area contributed by atoms with Gasteiger partial charge >= 0.3 is 5.97 Å². The summed E-state index contributed by atoms with van der Waals surface area (Å²) in [7, 11) is 0. The van der Waals surface area contributed by atoms with Gasteiger partial charge in [0.1, 0.15) is 0 Å². The first-order valence-electron chi connectivity index (χ1n) is 7.08. The highest BCUT2D eigenvalue weighted by molar-refractivity contribution is 6.23. The molecule has 0 unspecified atom stereocenters. The highest BCUT2D eigenvalue weighted by atomic mass is 35.5. The molecular formula is C16H23ClO3. The van der Waals surface area contributed by atoms with Gasteiger partial charge in [0.05, 0.1) is 12.0 Å². The van der Waals surface area contributed by atoms with Gasteiger partial charge in [0.15, 0.2) is 5.60 Å². The lowest BCUT2D eigenvalue weighted by Gasteiger charge is -2.26. The summed E-state index contributed by atoms with van der Waals surface area (Å²) in [5.41, 5.74) is -1.03. The molecule has 0 spiro atoms. The Morgan fingerprint density at radius 2 is 1.95 bits per heavy atom. The van der Waals surface area contributed by atoms with Crippen molar-refractivity contribution >= 4 is 17.6 Å². The van der Waals surface area contributed by atoms with Crippen LogP contribution in [0, 0.1) is 0 Å². The summed E-state index contributed by atoms with van der Waals surface area (Å²) in [6, 6.07) is 9.04. The van der Waals surface area contributed by atoms with Gasteiger partial charge in [0.2, 0.25) is 0 Å². The van der Waals surface area contributed by atoms with E-state index in [9.17, 15) is 9.90 Å². The zero-order valence-corrected chi connectivity index (χ0v) is 12.9. The molecule has 0 amide bonds. The van der Waals surface area contributed by atoms with E-state index in [4.69, 9.17) is 16.3 Å². The third-order valence-electron chi connectivity index (χ3n) is 3.23.